The second kappa shape index (κ2) is 4.56. The van der Waals surface area contributed by atoms with Crippen molar-refractivity contribution in [3.05, 3.63) is 17.3 Å². The van der Waals surface area contributed by atoms with E-state index in [2.05, 4.69) is 9.72 Å². The summed E-state index contributed by atoms with van der Waals surface area (Å²) in [5.74, 6) is -0.369. The van der Waals surface area contributed by atoms with Crippen molar-refractivity contribution >= 4 is 0 Å². The van der Waals surface area contributed by atoms with Gasteiger partial charge in [0.1, 0.15) is 11.4 Å². The van der Waals surface area contributed by atoms with E-state index in [-0.39, 0.29) is 11.4 Å². The van der Waals surface area contributed by atoms with Gasteiger partial charge in [-0.1, -0.05) is 0 Å². The standard InChI is InChI=1S/C9H10F3NO3/c1-5-3-7(16-9(10,11)12)13-6(4-14)8(5)15-2/h3,14H,4H2,1-2H3. The van der Waals surface area contributed by atoms with Crippen LogP contribution in [0.1, 0.15) is 11.3 Å². The fraction of sp³-hybridized carbons (Fsp3) is 0.444. The van der Waals surface area contributed by atoms with E-state index >= 15 is 0 Å². The first-order chi connectivity index (χ1) is 7.37. The molecule has 0 aromatic carbocycles. The lowest BCUT2D eigenvalue weighted by Crippen LogP contribution is -2.18. The van der Waals surface area contributed by atoms with Gasteiger partial charge in [-0.3, -0.25) is 0 Å². The molecule has 1 aromatic rings. The van der Waals surface area contributed by atoms with Crippen LogP contribution in [0.3, 0.4) is 0 Å². The van der Waals surface area contributed by atoms with Crippen LogP contribution in [0.4, 0.5) is 13.2 Å². The fourth-order valence-corrected chi connectivity index (χ4v) is 1.25. The zero-order valence-corrected chi connectivity index (χ0v) is 8.63. The van der Waals surface area contributed by atoms with Crippen LogP contribution in [-0.4, -0.2) is 23.6 Å². The summed E-state index contributed by atoms with van der Waals surface area (Å²) >= 11 is 0. The lowest BCUT2D eigenvalue weighted by atomic mass is 10.2. The van der Waals surface area contributed by atoms with Crippen LogP contribution >= 0.6 is 0 Å². The molecule has 0 saturated carbocycles. The number of ether oxygens (including phenoxy) is 2. The van der Waals surface area contributed by atoms with Crippen LogP contribution < -0.4 is 9.47 Å². The Labute approximate surface area is 89.6 Å². The molecule has 1 aromatic heterocycles. The van der Waals surface area contributed by atoms with Crippen LogP contribution in [0.25, 0.3) is 0 Å². The van der Waals surface area contributed by atoms with Crippen LogP contribution in [-0.2, 0) is 6.61 Å². The predicted octanol–water partition coefficient (Wildman–Crippen LogP) is 1.79. The van der Waals surface area contributed by atoms with Crippen molar-refractivity contribution in [3.8, 4) is 11.6 Å². The van der Waals surface area contributed by atoms with Gasteiger partial charge in [-0.05, 0) is 12.5 Å². The maximum atomic E-state index is 11.9. The Morgan fingerprint density at radius 1 is 1.44 bits per heavy atom. The normalized spacial score (nSPS) is 11.4. The van der Waals surface area contributed by atoms with Crippen molar-refractivity contribution in [1.29, 1.82) is 0 Å². The first-order valence-electron chi connectivity index (χ1n) is 4.28. The lowest BCUT2D eigenvalue weighted by Gasteiger charge is -2.13. The van der Waals surface area contributed by atoms with Gasteiger partial charge in [0.15, 0.2) is 0 Å². The Morgan fingerprint density at radius 2 is 2.06 bits per heavy atom. The van der Waals surface area contributed by atoms with Crippen molar-refractivity contribution in [2.24, 2.45) is 0 Å². The maximum Gasteiger partial charge on any atom is 0.574 e. The van der Waals surface area contributed by atoms with E-state index in [4.69, 9.17) is 9.84 Å². The number of pyridine rings is 1. The zero-order valence-electron chi connectivity index (χ0n) is 8.63. The van der Waals surface area contributed by atoms with E-state index in [0.717, 1.165) is 6.07 Å². The highest BCUT2D eigenvalue weighted by Crippen LogP contribution is 2.28. The van der Waals surface area contributed by atoms with Crippen molar-refractivity contribution < 1.29 is 27.8 Å². The molecule has 4 nitrogen and oxygen atoms in total. The molecule has 7 heteroatoms. The Balaban J connectivity index is 3.10. The molecule has 1 rings (SSSR count). The van der Waals surface area contributed by atoms with E-state index in [1.165, 1.54) is 14.0 Å². The summed E-state index contributed by atoms with van der Waals surface area (Å²) in [4.78, 5) is 3.49. The first kappa shape index (κ1) is 12.6. The van der Waals surface area contributed by atoms with Gasteiger partial charge < -0.3 is 14.6 Å². The smallest absolute Gasteiger partial charge is 0.494 e. The van der Waals surface area contributed by atoms with Gasteiger partial charge in [0, 0.05) is 6.07 Å². The molecule has 0 aliphatic carbocycles. The molecule has 1 N–H and O–H groups in total. The fourth-order valence-electron chi connectivity index (χ4n) is 1.25. The molecule has 0 saturated heterocycles. The maximum absolute atomic E-state index is 11.9. The number of aryl methyl sites for hydroxylation is 1. The summed E-state index contributed by atoms with van der Waals surface area (Å²) in [6.07, 6.45) is -4.80. The summed E-state index contributed by atoms with van der Waals surface area (Å²) in [6, 6.07) is 1.09. The summed E-state index contributed by atoms with van der Waals surface area (Å²) in [5.41, 5.74) is 0.405. The van der Waals surface area contributed by atoms with Crippen molar-refractivity contribution in [3.63, 3.8) is 0 Å². The van der Waals surface area contributed by atoms with Crippen molar-refractivity contribution in [1.82, 2.24) is 4.98 Å². The monoisotopic (exact) mass is 237 g/mol. The predicted molar refractivity (Wildman–Crippen MR) is 48.1 cm³/mol. The average molecular weight is 237 g/mol. The Bertz CT molecular complexity index is 379. The molecule has 0 atom stereocenters. The number of hydrogen-bond donors (Lipinski definition) is 1. The number of aliphatic hydroxyl groups is 1. The van der Waals surface area contributed by atoms with Crippen molar-refractivity contribution in [2.45, 2.75) is 19.9 Å². The van der Waals surface area contributed by atoms with Gasteiger partial charge in [-0.2, -0.15) is 0 Å². The highest BCUT2D eigenvalue weighted by atomic mass is 19.4. The van der Waals surface area contributed by atoms with Gasteiger partial charge in [-0.15, -0.1) is 13.2 Å². The molecule has 0 radical (unpaired) electrons. The number of methoxy groups -OCH3 is 1. The number of halogens is 3. The van der Waals surface area contributed by atoms with E-state index in [1.807, 2.05) is 0 Å². The lowest BCUT2D eigenvalue weighted by molar-refractivity contribution is -0.276. The molecule has 0 bridgehead atoms. The highest BCUT2D eigenvalue weighted by Gasteiger charge is 2.32. The summed E-state index contributed by atoms with van der Waals surface area (Å²) in [7, 11) is 1.34. The third-order valence-electron chi connectivity index (χ3n) is 1.78. The van der Waals surface area contributed by atoms with E-state index in [9.17, 15) is 13.2 Å². The Morgan fingerprint density at radius 3 is 2.50 bits per heavy atom. The summed E-state index contributed by atoms with van der Waals surface area (Å²) < 4.78 is 44.3. The molecule has 0 spiro atoms. The molecular formula is C9H10F3NO3. The van der Waals surface area contributed by atoms with Crippen molar-refractivity contribution in [2.75, 3.05) is 7.11 Å². The minimum Gasteiger partial charge on any atom is -0.494 e. The molecule has 0 fully saturated rings. The van der Waals surface area contributed by atoms with Gasteiger partial charge >= 0.3 is 6.36 Å². The number of aromatic nitrogens is 1. The van der Waals surface area contributed by atoms with Crippen LogP contribution in [0.2, 0.25) is 0 Å². The minimum absolute atomic E-state index is 0.00162. The average Bonchev–Trinajstić information content (AvgIpc) is 2.14. The molecule has 90 valence electrons. The van der Waals surface area contributed by atoms with Gasteiger partial charge in [0.05, 0.1) is 13.7 Å². The van der Waals surface area contributed by atoms with E-state index in [1.54, 1.807) is 0 Å². The number of rotatable bonds is 3. The van der Waals surface area contributed by atoms with Crippen LogP contribution in [0.15, 0.2) is 6.07 Å². The largest absolute Gasteiger partial charge is 0.574 e. The molecular weight excluding hydrogens is 227 g/mol. The molecule has 0 aliphatic rings. The number of aliphatic hydroxyl groups excluding tert-OH is 1. The minimum atomic E-state index is -4.80. The third kappa shape index (κ3) is 2.99. The van der Waals surface area contributed by atoms with Gasteiger partial charge in [-0.25, -0.2) is 4.98 Å². The number of alkyl halides is 3. The van der Waals surface area contributed by atoms with Gasteiger partial charge in [0.2, 0.25) is 5.88 Å². The summed E-state index contributed by atoms with van der Waals surface area (Å²) in [6.45, 7) is 1.00. The Hall–Kier alpha value is -1.50. The van der Waals surface area contributed by atoms with Crippen LogP contribution in [0, 0.1) is 6.92 Å². The third-order valence-corrected chi connectivity index (χ3v) is 1.78. The van der Waals surface area contributed by atoms with Gasteiger partial charge in [0.25, 0.3) is 0 Å². The van der Waals surface area contributed by atoms with Crippen LogP contribution in [0.5, 0.6) is 11.6 Å². The zero-order chi connectivity index (χ0) is 12.3. The van der Waals surface area contributed by atoms with E-state index in [0.29, 0.717) is 5.56 Å². The molecule has 1 heterocycles. The molecule has 16 heavy (non-hydrogen) atoms. The number of hydrogen-bond acceptors (Lipinski definition) is 4. The Kier molecular flexibility index (Phi) is 3.58. The molecule has 0 amide bonds. The first-order valence-corrected chi connectivity index (χ1v) is 4.28. The topological polar surface area (TPSA) is 51.6 Å². The SMILES string of the molecule is COc1c(C)cc(OC(F)(F)F)nc1CO. The number of nitrogens with zero attached hydrogens (tertiary/aromatic N) is 1. The molecule has 0 aliphatic heterocycles. The quantitative estimate of drug-likeness (QED) is 0.870. The summed E-state index contributed by atoms with van der Waals surface area (Å²) in [5, 5.41) is 8.92. The van der Waals surface area contributed by atoms with E-state index < -0.39 is 18.8 Å². The second-order valence-electron chi connectivity index (χ2n) is 2.96. The highest BCUT2D eigenvalue weighted by molar-refractivity contribution is 5.39. The molecule has 0 unspecified atom stereocenters. The second-order valence-corrected chi connectivity index (χ2v) is 2.96.